The Morgan fingerprint density at radius 2 is 1.74 bits per heavy atom. The van der Waals surface area contributed by atoms with Crippen molar-refractivity contribution in [1.29, 1.82) is 0 Å². The summed E-state index contributed by atoms with van der Waals surface area (Å²) in [6, 6.07) is 18.4. The van der Waals surface area contributed by atoms with E-state index in [9.17, 15) is 0 Å². The Bertz CT molecular complexity index is 921. The van der Waals surface area contributed by atoms with Crippen LogP contribution in [-0.4, -0.2) is 44.3 Å². The smallest absolute Gasteiger partial charge is 0.131 e. The molecular weight excluding hydrogens is 358 g/mol. The Kier molecular flexibility index (Phi) is 5.32. The van der Waals surface area contributed by atoms with Crippen molar-refractivity contribution in [2.45, 2.75) is 0 Å². The lowest BCUT2D eigenvalue weighted by Gasteiger charge is -2.37. The molecule has 0 unspecified atom stereocenters. The summed E-state index contributed by atoms with van der Waals surface area (Å²) < 4.78 is 0. The van der Waals surface area contributed by atoms with E-state index >= 15 is 0 Å². The lowest BCUT2D eigenvalue weighted by Crippen LogP contribution is -2.46. The van der Waals surface area contributed by atoms with E-state index in [1.165, 1.54) is 5.69 Å². The average molecular weight is 382 g/mol. The number of halogens is 1. The molecule has 0 saturated carbocycles. The van der Waals surface area contributed by atoms with Gasteiger partial charge in [0.1, 0.15) is 5.82 Å². The van der Waals surface area contributed by atoms with Crippen molar-refractivity contribution < 1.29 is 0 Å². The van der Waals surface area contributed by atoms with Gasteiger partial charge in [-0.15, -0.1) is 0 Å². The van der Waals surface area contributed by atoms with Gasteiger partial charge >= 0.3 is 0 Å². The van der Waals surface area contributed by atoms with Crippen LogP contribution in [0.25, 0.3) is 10.9 Å². The molecule has 1 aromatic heterocycles. The summed E-state index contributed by atoms with van der Waals surface area (Å²) in [4.78, 5) is 9.61. The Morgan fingerprint density at radius 3 is 2.52 bits per heavy atom. The van der Waals surface area contributed by atoms with E-state index in [1.54, 1.807) is 0 Å². The molecule has 0 aliphatic carbocycles. The van der Waals surface area contributed by atoms with E-state index in [4.69, 9.17) is 22.3 Å². The Hall–Kier alpha value is -2.50. The molecule has 1 saturated heterocycles. The summed E-state index contributed by atoms with van der Waals surface area (Å²) in [6.45, 7) is 5.09. The molecule has 5 nitrogen and oxygen atoms in total. The molecular formula is C21H24ClN5. The third-order valence-corrected chi connectivity index (χ3v) is 5.17. The molecule has 0 bridgehead atoms. The molecule has 1 aliphatic rings. The monoisotopic (exact) mass is 381 g/mol. The van der Waals surface area contributed by atoms with E-state index in [-0.39, 0.29) is 0 Å². The first-order valence-corrected chi connectivity index (χ1v) is 9.71. The van der Waals surface area contributed by atoms with Crippen molar-refractivity contribution in [3.63, 3.8) is 0 Å². The van der Waals surface area contributed by atoms with Crippen molar-refractivity contribution in [3.05, 3.63) is 59.6 Å². The highest BCUT2D eigenvalue weighted by Crippen LogP contribution is 2.28. The SMILES string of the molecule is NCCNc1cc(N2CCN(c3cccc(Cl)c3)CC2)nc2ccccc12. The maximum absolute atomic E-state index is 6.14. The molecule has 0 radical (unpaired) electrons. The number of piperazine rings is 1. The molecule has 0 spiro atoms. The highest BCUT2D eigenvalue weighted by Gasteiger charge is 2.19. The second-order valence-corrected chi connectivity index (χ2v) is 7.15. The highest BCUT2D eigenvalue weighted by molar-refractivity contribution is 6.30. The normalized spacial score (nSPS) is 14.6. The van der Waals surface area contributed by atoms with Gasteiger partial charge in [-0.3, -0.25) is 0 Å². The number of benzene rings is 2. The number of hydrogen-bond acceptors (Lipinski definition) is 5. The molecule has 6 heteroatoms. The summed E-state index contributed by atoms with van der Waals surface area (Å²) in [6.07, 6.45) is 0. The zero-order valence-corrected chi connectivity index (χ0v) is 16.0. The quantitative estimate of drug-likeness (QED) is 0.707. The number of para-hydroxylation sites is 1. The number of anilines is 3. The zero-order chi connectivity index (χ0) is 18.6. The number of nitrogens with zero attached hydrogens (tertiary/aromatic N) is 3. The first-order chi connectivity index (χ1) is 13.2. The van der Waals surface area contributed by atoms with E-state index in [0.29, 0.717) is 6.54 Å². The number of aromatic nitrogens is 1. The first kappa shape index (κ1) is 17.9. The van der Waals surface area contributed by atoms with E-state index in [1.807, 2.05) is 30.3 Å². The van der Waals surface area contributed by atoms with Gasteiger partial charge < -0.3 is 20.9 Å². The van der Waals surface area contributed by atoms with Crippen molar-refractivity contribution >= 4 is 39.7 Å². The molecule has 0 atom stereocenters. The summed E-state index contributed by atoms with van der Waals surface area (Å²) in [5.41, 5.74) is 8.96. The fourth-order valence-corrected chi connectivity index (χ4v) is 3.73. The van der Waals surface area contributed by atoms with Gasteiger partial charge in [0.2, 0.25) is 0 Å². The molecule has 1 fully saturated rings. The third-order valence-electron chi connectivity index (χ3n) is 4.94. The van der Waals surface area contributed by atoms with Gasteiger partial charge in [-0.25, -0.2) is 4.98 Å². The number of rotatable bonds is 5. The van der Waals surface area contributed by atoms with Crippen molar-refractivity contribution in [1.82, 2.24) is 4.98 Å². The minimum absolute atomic E-state index is 0.601. The van der Waals surface area contributed by atoms with Crippen molar-refractivity contribution in [2.75, 3.05) is 54.4 Å². The Balaban J connectivity index is 1.54. The van der Waals surface area contributed by atoms with Gasteiger partial charge in [-0.2, -0.15) is 0 Å². The van der Waals surface area contributed by atoms with Crippen LogP contribution >= 0.6 is 11.6 Å². The van der Waals surface area contributed by atoms with Gasteiger partial charge in [-0.05, 0) is 24.3 Å². The molecule has 4 rings (SSSR count). The molecule has 0 amide bonds. The zero-order valence-electron chi connectivity index (χ0n) is 15.2. The molecule has 1 aliphatic heterocycles. The van der Waals surface area contributed by atoms with Gasteiger partial charge in [0.05, 0.1) is 5.52 Å². The fraction of sp³-hybridized carbons (Fsp3) is 0.286. The van der Waals surface area contributed by atoms with Crippen LogP contribution in [0.5, 0.6) is 0 Å². The van der Waals surface area contributed by atoms with Gasteiger partial charge in [0, 0.05) is 67.1 Å². The summed E-state index contributed by atoms with van der Waals surface area (Å²) >= 11 is 6.14. The molecule has 27 heavy (non-hydrogen) atoms. The standard InChI is InChI=1S/C21H24ClN5/c22-16-4-3-5-17(14-16)26-10-12-27(13-11-26)21-15-20(24-9-8-23)18-6-1-2-7-19(18)25-21/h1-7,14-15H,8-13,23H2,(H,24,25). The van der Waals surface area contributed by atoms with Crippen molar-refractivity contribution in [2.24, 2.45) is 5.73 Å². The number of nitrogens with two attached hydrogens (primary N) is 1. The first-order valence-electron chi connectivity index (χ1n) is 9.34. The van der Waals surface area contributed by atoms with Crippen LogP contribution in [-0.2, 0) is 0 Å². The van der Waals surface area contributed by atoms with Gasteiger partial charge in [-0.1, -0.05) is 35.9 Å². The predicted octanol–water partition coefficient (Wildman–Crippen LogP) is 3.59. The summed E-state index contributed by atoms with van der Waals surface area (Å²) in [5.74, 6) is 1.01. The minimum Gasteiger partial charge on any atom is -0.383 e. The van der Waals surface area contributed by atoms with Crippen LogP contribution in [0.4, 0.5) is 17.2 Å². The maximum Gasteiger partial charge on any atom is 0.131 e. The predicted molar refractivity (Wildman–Crippen MR) is 115 cm³/mol. The van der Waals surface area contributed by atoms with Crippen LogP contribution in [0.3, 0.4) is 0 Å². The van der Waals surface area contributed by atoms with Crippen molar-refractivity contribution in [3.8, 4) is 0 Å². The average Bonchev–Trinajstić information content (AvgIpc) is 2.72. The van der Waals surface area contributed by atoms with Gasteiger partial charge in [0.25, 0.3) is 0 Å². The fourth-order valence-electron chi connectivity index (χ4n) is 3.54. The minimum atomic E-state index is 0.601. The lowest BCUT2D eigenvalue weighted by atomic mass is 10.1. The molecule has 140 valence electrons. The largest absolute Gasteiger partial charge is 0.383 e. The molecule has 2 heterocycles. The number of pyridine rings is 1. The second kappa shape index (κ2) is 8.03. The summed E-state index contributed by atoms with van der Waals surface area (Å²) in [5, 5.41) is 5.35. The van der Waals surface area contributed by atoms with E-state index < -0.39 is 0 Å². The second-order valence-electron chi connectivity index (χ2n) is 6.71. The topological polar surface area (TPSA) is 57.4 Å². The van der Waals surface area contributed by atoms with Crippen LogP contribution in [0, 0.1) is 0 Å². The number of hydrogen-bond donors (Lipinski definition) is 2. The summed E-state index contributed by atoms with van der Waals surface area (Å²) in [7, 11) is 0. The van der Waals surface area contributed by atoms with Crippen LogP contribution in [0.15, 0.2) is 54.6 Å². The van der Waals surface area contributed by atoms with E-state index in [2.05, 4.69) is 39.4 Å². The lowest BCUT2D eigenvalue weighted by molar-refractivity contribution is 0.648. The van der Waals surface area contributed by atoms with Crippen LogP contribution in [0.2, 0.25) is 5.02 Å². The third kappa shape index (κ3) is 3.94. The maximum atomic E-state index is 6.14. The molecule has 2 aromatic carbocycles. The Morgan fingerprint density at radius 1 is 0.963 bits per heavy atom. The van der Waals surface area contributed by atoms with Crippen LogP contribution < -0.4 is 20.9 Å². The Labute approximate surface area is 164 Å². The number of fused-ring (bicyclic) bond motifs is 1. The highest BCUT2D eigenvalue weighted by atomic mass is 35.5. The van der Waals surface area contributed by atoms with Gasteiger partial charge in [0.15, 0.2) is 0 Å². The van der Waals surface area contributed by atoms with E-state index in [0.717, 1.165) is 60.2 Å². The molecule has 3 N–H and O–H groups in total. The van der Waals surface area contributed by atoms with Crippen LogP contribution in [0.1, 0.15) is 0 Å². The molecule has 3 aromatic rings. The number of nitrogens with one attached hydrogen (secondary N) is 1.